The highest BCUT2D eigenvalue weighted by Crippen LogP contribution is 2.45. The summed E-state index contributed by atoms with van der Waals surface area (Å²) in [6.45, 7) is 10.7. The number of rotatable bonds is 9. The summed E-state index contributed by atoms with van der Waals surface area (Å²) in [7, 11) is 0. The number of allylic oxidation sites excluding steroid dienone is 4. The highest BCUT2D eigenvalue weighted by atomic mass is 32.2. The van der Waals surface area contributed by atoms with Gasteiger partial charge in [0.2, 0.25) is 0 Å². The number of hydrogen-bond acceptors (Lipinski definition) is 2. The summed E-state index contributed by atoms with van der Waals surface area (Å²) in [6.07, 6.45) is 14.5. The minimum atomic E-state index is 0.189. The first-order valence-corrected chi connectivity index (χ1v) is 12.3. The van der Waals surface area contributed by atoms with Crippen LogP contribution in [0.1, 0.15) is 75.8 Å². The molecule has 2 atom stereocenters. The van der Waals surface area contributed by atoms with Crippen molar-refractivity contribution in [1.29, 1.82) is 0 Å². The molecular weight excluding hydrogens is 372 g/mol. The van der Waals surface area contributed by atoms with Crippen LogP contribution in [0.25, 0.3) is 0 Å². The summed E-state index contributed by atoms with van der Waals surface area (Å²) in [5.41, 5.74) is 4.99. The van der Waals surface area contributed by atoms with Crippen molar-refractivity contribution in [2.24, 2.45) is 11.8 Å². The predicted octanol–water partition coefficient (Wildman–Crippen LogP) is 7.81. The van der Waals surface area contributed by atoms with Gasteiger partial charge >= 0.3 is 0 Å². The number of ketones is 1. The summed E-state index contributed by atoms with van der Waals surface area (Å²) < 4.78 is 0. The number of benzene rings is 1. The Morgan fingerprint density at radius 2 is 1.97 bits per heavy atom. The van der Waals surface area contributed by atoms with Crippen molar-refractivity contribution in [3.8, 4) is 0 Å². The van der Waals surface area contributed by atoms with Gasteiger partial charge < -0.3 is 0 Å². The van der Waals surface area contributed by atoms with E-state index in [0.717, 1.165) is 24.5 Å². The Kier molecular flexibility index (Phi) is 8.00. The first kappa shape index (κ1) is 22.2. The smallest absolute Gasteiger partial charge is 0.165 e. The third-order valence-electron chi connectivity index (χ3n) is 6.49. The third-order valence-corrected chi connectivity index (χ3v) is 7.76. The minimum absolute atomic E-state index is 0.189. The number of carbonyl (C=O) groups is 1. The van der Waals surface area contributed by atoms with Crippen molar-refractivity contribution in [3.05, 3.63) is 65.3 Å². The molecule has 2 heteroatoms. The molecule has 0 spiro atoms. The van der Waals surface area contributed by atoms with E-state index in [1.807, 2.05) is 23.9 Å². The first-order chi connectivity index (χ1) is 14.0. The van der Waals surface area contributed by atoms with E-state index in [1.54, 1.807) is 5.56 Å². The van der Waals surface area contributed by atoms with Gasteiger partial charge in [-0.2, -0.15) is 0 Å². The largest absolute Gasteiger partial charge is 0.294 e. The van der Waals surface area contributed by atoms with Crippen LogP contribution >= 0.6 is 11.8 Å². The number of carbonyl (C=O) groups excluding carboxylic acids is 1. The second kappa shape index (κ2) is 10.5. The van der Waals surface area contributed by atoms with E-state index in [-0.39, 0.29) is 11.7 Å². The van der Waals surface area contributed by atoms with Gasteiger partial charge in [0.25, 0.3) is 0 Å². The van der Waals surface area contributed by atoms with E-state index in [0.29, 0.717) is 11.5 Å². The standard InChI is InChI=1S/C27H36OS/c1-5-22-13-6-7-14-24(22)27(28)21(4)12-8-10-19(2)18-29-25-15-9-11-20(3)26(25)23-16-17-23/h8-12,15,22-24H,4-7,13-14,16-18H2,1-3H3/b12-8-,19-10+/t22-,24?/m0/s1. The van der Waals surface area contributed by atoms with E-state index in [2.05, 4.69) is 51.6 Å². The molecule has 0 radical (unpaired) electrons. The maximum atomic E-state index is 12.8. The monoisotopic (exact) mass is 408 g/mol. The molecule has 156 valence electrons. The zero-order chi connectivity index (χ0) is 20.8. The molecule has 0 N–H and O–H groups in total. The van der Waals surface area contributed by atoms with Gasteiger partial charge in [-0.25, -0.2) is 0 Å². The van der Waals surface area contributed by atoms with Crippen molar-refractivity contribution in [2.45, 2.75) is 76.5 Å². The van der Waals surface area contributed by atoms with Gasteiger partial charge in [0.05, 0.1) is 0 Å². The molecule has 2 aliphatic rings. The van der Waals surface area contributed by atoms with Crippen molar-refractivity contribution >= 4 is 17.5 Å². The van der Waals surface area contributed by atoms with Crippen LogP contribution in [0.3, 0.4) is 0 Å². The molecular formula is C27H36OS. The second-order valence-corrected chi connectivity index (χ2v) is 9.89. The van der Waals surface area contributed by atoms with E-state index in [9.17, 15) is 4.79 Å². The lowest BCUT2D eigenvalue weighted by Crippen LogP contribution is -2.27. The Bertz CT molecular complexity index is 797. The maximum Gasteiger partial charge on any atom is 0.165 e. The van der Waals surface area contributed by atoms with Gasteiger partial charge in [-0.1, -0.05) is 68.7 Å². The molecule has 2 aliphatic carbocycles. The van der Waals surface area contributed by atoms with Gasteiger partial charge in [-0.3, -0.25) is 4.79 Å². The van der Waals surface area contributed by atoms with Crippen LogP contribution in [0.15, 0.2) is 59.0 Å². The Labute approximate surface area is 181 Å². The van der Waals surface area contributed by atoms with Crippen LogP contribution in [0.4, 0.5) is 0 Å². The summed E-state index contributed by atoms with van der Waals surface area (Å²) >= 11 is 1.94. The first-order valence-electron chi connectivity index (χ1n) is 11.3. The lowest BCUT2D eigenvalue weighted by molar-refractivity contribution is -0.121. The number of thioether (sulfide) groups is 1. The maximum absolute atomic E-state index is 12.8. The Morgan fingerprint density at radius 3 is 2.69 bits per heavy atom. The molecule has 0 aliphatic heterocycles. The molecule has 3 rings (SSSR count). The molecule has 1 aromatic rings. The van der Waals surface area contributed by atoms with Crippen molar-refractivity contribution < 1.29 is 4.79 Å². The number of aryl methyl sites for hydroxylation is 1. The van der Waals surface area contributed by atoms with Gasteiger partial charge in [0, 0.05) is 22.1 Å². The summed E-state index contributed by atoms with van der Waals surface area (Å²) in [5.74, 6) is 2.76. The normalized spacial score (nSPS) is 22.8. The molecule has 0 heterocycles. The molecule has 1 nitrogen and oxygen atoms in total. The lowest BCUT2D eigenvalue weighted by Gasteiger charge is -2.29. The quantitative estimate of drug-likeness (QED) is 0.235. The van der Waals surface area contributed by atoms with Crippen LogP contribution in [-0.4, -0.2) is 11.5 Å². The van der Waals surface area contributed by atoms with Gasteiger partial charge in [0.1, 0.15) is 0 Å². The van der Waals surface area contributed by atoms with Gasteiger partial charge in [-0.05, 0) is 68.6 Å². The van der Waals surface area contributed by atoms with E-state index >= 15 is 0 Å². The van der Waals surface area contributed by atoms with Gasteiger partial charge in [0.15, 0.2) is 5.78 Å². The number of hydrogen-bond donors (Lipinski definition) is 0. The fourth-order valence-electron chi connectivity index (χ4n) is 4.60. The third kappa shape index (κ3) is 5.98. The lowest BCUT2D eigenvalue weighted by atomic mass is 9.74. The zero-order valence-corrected chi connectivity index (χ0v) is 19.2. The molecule has 2 fully saturated rings. The Morgan fingerprint density at radius 1 is 1.21 bits per heavy atom. The zero-order valence-electron chi connectivity index (χ0n) is 18.4. The molecule has 29 heavy (non-hydrogen) atoms. The van der Waals surface area contributed by atoms with Crippen LogP contribution in [0.5, 0.6) is 0 Å². The van der Waals surface area contributed by atoms with Crippen LogP contribution < -0.4 is 0 Å². The summed E-state index contributed by atoms with van der Waals surface area (Å²) in [6, 6.07) is 6.68. The summed E-state index contributed by atoms with van der Waals surface area (Å²) in [5, 5.41) is 0. The van der Waals surface area contributed by atoms with Gasteiger partial charge in [-0.15, -0.1) is 11.8 Å². The molecule has 2 saturated carbocycles. The van der Waals surface area contributed by atoms with Crippen LogP contribution in [0, 0.1) is 18.8 Å². The van der Waals surface area contributed by atoms with Crippen LogP contribution in [-0.2, 0) is 4.79 Å². The second-order valence-electron chi connectivity index (χ2n) is 8.87. The van der Waals surface area contributed by atoms with Crippen molar-refractivity contribution in [1.82, 2.24) is 0 Å². The highest BCUT2D eigenvalue weighted by molar-refractivity contribution is 7.99. The van der Waals surface area contributed by atoms with Crippen molar-refractivity contribution in [3.63, 3.8) is 0 Å². The average Bonchev–Trinajstić information content (AvgIpc) is 3.56. The summed E-state index contributed by atoms with van der Waals surface area (Å²) in [4.78, 5) is 14.3. The molecule has 1 unspecified atom stereocenters. The minimum Gasteiger partial charge on any atom is -0.294 e. The molecule has 0 aromatic heterocycles. The molecule has 0 saturated heterocycles. The average molecular weight is 409 g/mol. The number of Topliss-reactive ketones (excluding diaryl/α,β-unsaturated/α-hetero) is 1. The Balaban J connectivity index is 1.54. The topological polar surface area (TPSA) is 17.1 Å². The molecule has 0 amide bonds. The Hall–Kier alpha value is -1.54. The SMILES string of the molecule is C=C(/C=C\C=C(/C)CSc1cccc(C)c1C1CC1)C(=O)C1CCCC[C@@H]1CC. The fourth-order valence-corrected chi connectivity index (χ4v) is 5.74. The van der Waals surface area contributed by atoms with Crippen LogP contribution in [0.2, 0.25) is 0 Å². The predicted molar refractivity (Wildman–Crippen MR) is 127 cm³/mol. The molecule has 1 aromatic carbocycles. The fraction of sp³-hybridized carbons (Fsp3) is 0.519. The van der Waals surface area contributed by atoms with Crippen molar-refractivity contribution in [2.75, 3.05) is 5.75 Å². The highest BCUT2D eigenvalue weighted by Gasteiger charge is 2.30. The van der Waals surface area contributed by atoms with E-state index in [4.69, 9.17) is 0 Å². The van der Waals surface area contributed by atoms with E-state index < -0.39 is 0 Å². The van der Waals surface area contributed by atoms with E-state index in [1.165, 1.54) is 48.1 Å². The molecule has 0 bridgehead atoms.